The zero-order chi connectivity index (χ0) is 10.3. The molecular weight excluding hydrogens is 184 g/mol. The minimum atomic E-state index is 1.03. The molecule has 0 saturated carbocycles. The van der Waals surface area contributed by atoms with Crippen molar-refractivity contribution in [1.29, 1.82) is 0 Å². The van der Waals surface area contributed by atoms with E-state index in [1.54, 1.807) is 0 Å². The normalized spacial score (nSPS) is 11.0. The molecule has 2 heterocycles. The Bertz CT molecular complexity index is 644. The van der Waals surface area contributed by atoms with Crippen molar-refractivity contribution in [2.24, 2.45) is 0 Å². The van der Waals surface area contributed by atoms with Crippen molar-refractivity contribution < 1.29 is 0 Å². The van der Waals surface area contributed by atoms with E-state index in [2.05, 4.69) is 34.2 Å². The van der Waals surface area contributed by atoms with Crippen molar-refractivity contribution in [1.82, 2.24) is 9.97 Å². The van der Waals surface area contributed by atoms with Crippen LogP contribution < -0.4 is 0 Å². The van der Waals surface area contributed by atoms with Crippen LogP contribution in [0.2, 0.25) is 0 Å². The number of rotatable bonds is 0. The largest absolute Gasteiger partial charge is 0.261 e. The van der Waals surface area contributed by atoms with Crippen molar-refractivity contribution in [3.05, 3.63) is 48.4 Å². The van der Waals surface area contributed by atoms with E-state index in [0.29, 0.717) is 0 Å². The maximum absolute atomic E-state index is 4.42. The van der Waals surface area contributed by atoms with Crippen LogP contribution in [0.25, 0.3) is 21.7 Å². The molecule has 2 heteroatoms. The molecule has 1 aromatic carbocycles. The molecule has 0 unspecified atom stereocenters. The summed E-state index contributed by atoms with van der Waals surface area (Å²) in [6.45, 7) is 2.00. The van der Waals surface area contributed by atoms with Crippen molar-refractivity contribution in [2.45, 2.75) is 6.92 Å². The lowest BCUT2D eigenvalue weighted by Gasteiger charge is -2.02. The summed E-state index contributed by atoms with van der Waals surface area (Å²) < 4.78 is 0. The Labute approximate surface area is 87.6 Å². The molecule has 0 radical (unpaired) electrons. The molecule has 3 rings (SSSR count). The van der Waals surface area contributed by atoms with E-state index in [0.717, 1.165) is 16.6 Å². The minimum Gasteiger partial charge on any atom is -0.261 e. The molecule has 0 aliphatic rings. The van der Waals surface area contributed by atoms with Crippen LogP contribution >= 0.6 is 0 Å². The van der Waals surface area contributed by atoms with Crippen LogP contribution in [-0.2, 0) is 0 Å². The smallest absolute Gasteiger partial charge is 0.0781 e. The summed E-state index contributed by atoms with van der Waals surface area (Å²) in [6, 6.07) is 10.3. The summed E-state index contributed by atoms with van der Waals surface area (Å²) in [5, 5.41) is 3.50. The second-order valence-electron chi connectivity index (χ2n) is 3.69. The first-order valence-electron chi connectivity index (χ1n) is 4.95. The van der Waals surface area contributed by atoms with Gasteiger partial charge < -0.3 is 0 Å². The SMILES string of the molecule is Cc1cc2c(ccc3cccnc32)cn1. The van der Waals surface area contributed by atoms with E-state index in [1.807, 2.05) is 25.4 Å². The first-order chi connectivity index (χ1) is 7.34. The summed E-state index contributed by atoms with van der Waals surface area (Å²) in [7, 11) is 0. The monoisotopic (exact) mass is 194 g/mol. The Morgan fingerprint density at radius 3 is 2.80 bits per heavy atom. The van der Waals surface area contributed by atoms with Crippen molar-refractivity contribution in [3.8, 4) is 0 Å². The number of aromatic nitrogens is 2. The molecule has 2 nitrogen and oxygen atoms in total. The van der Waals surface area contributed by atoms with Gasteiger partial charge in [0.05, 0.1) is 5.52 Å². The third-order valence-corrected chi connectivity index (χ3v) is 2.61. The highest BCUT2D eigenvalue weighted by molar-refractivity contribution is 6.04. The highest BCUT2D eigenvalue weighted by Crippen LogP contribution is 2.22. The van der Waals surface area contributed by atoms with Gasteiger partial charge >= 0.3 is 0 Å². The van der Waals surface area contributed by atoms with Crippen LogP contribution in [0.5, 0.6) is 0 Å². The van der Waals surface area contributed by atoms with Crippen LogP contribution in [0.4, 0.5) is 0 Å². The molecule has 72 valence electrons. The number of nitrogens with zero attached hydrogens (tertiary/aromatic N) is 2. The fraction of sp³-hybridized carbons (Fsp3) is 0.0769. The van der Waals surface area contributed by atoms with Gasteiger partial charge in [-0.15, -0.1) is 0 Å². The third kappa shape index (κ3) is 1.26. The molecule has 2 aromatic heterocycles. The Hall–Kier alpha value is -1.96. The molecule has 0 amide bonds. The predicted octanol–water partition coefficient (Wildman–Crippen LogP) is 3.09. The molecule has 3 aromatic rings. The number of fused-ring (bicyclic) bond motifs is 3. The van der Waals surface area contributed by atoms with Crippen molar-refractivity contribution in [3.63, 3.8) is 0 Å². The number of pyridine rings is 2. The van der Waals surface area contributed by atoms with Gasteiger partial charge in [0.2, 0.25) is 0 Å². The average molecular weight is 194 g/mol. The number of benzene rings is 1. The minimum absolute atomic E-state index is 1.03. The number of aryl methyl sites for hydroxylation is 1. The Morgan fingerprint density at radius 1 is 1.00 bits per heavy atom. The van der Waals surface area contributed by atoms with Crippen molar-refractivity contribution >= 4 is 21.7 Å². The quantitative estimate of drug-likeness (QED) is 0.514. The van der Waals surface area contributed by atoms with Gasteiger partial charge in [-0.3, -0.25) is 9.97 Å². The van der Waals surface area contributed by atoms with Gasteiger partial charge in [-0.05, 0) is 19.1 Å². The first kappa shape index (κ1) is 8.36. The third-order valence-electron chi connectivity index (χ3n) is 2.61. The summed E-state index contributed by atoms with van der Waals surface area (Å²) in [5.74, 6) is 0. The van der Waals surface area contributed by atoms with Crippen LogP contribution in [0.15, 0.2) is 42.7 Å². The zero-order valence-corrected chi connectivity index (χ0v) is 8.44. The zero-order valence-electron chi connectivity index (χ0n) is 8.44. The van der Waals surface area contributed by atoms with Gasteiger partial charge in [-0.1, -0.05) is 18.2 Å². The Balaban J connectivity index is 2.57. The van der Waals surface area contributed by atoms with Crippen LogP contribution in [-0.4, -0.2) is 9.97 Å². The molecular formula is C13H10N2. The van der Waals surface area contributed by atoms with Gasteiger partial charge in [0.25, 0.3) is 0 Å². The summed E-state index contributed by atoms with van der Waals surface area (Å²) in [5.41, 5.74) is 2.08. The molecule has 0 aliphatic heterocycles. The fourth-order valence-electron chi connectivity index (χ4n) is 1.87. The second kappa shape index (κ2) is 3.02. The highest BCUT2D eigenvalue weighted by atomic mass is 14.7. The van der Waals surface area contributed by atoms with E-state index in [-0.39, 0.29) is 0 Å². The fourth-order valence-corrected chi connectivity index (χ4v) is 1.87. The van der Waals surface area contributed by atoms with Gasteiger partial charge in [-0.25, -0.2) is 0 Å². The summed E-state index contributed by atoms with van der Waals surface area (Å²) in [6.07, 6.45) is 3.73. The number of hydrogen-bond donors (Lipinski definition) is 0. The first-order valence-corrected chi connectivity index (χ1v) is 4.95. The lowest BCUT2D eigenvalue weighted by molar-refractivity contribution is 1.22. The summed E-state index contributed by atoms with van der Waals surface area (Å²) >= 11 is 0. The van der Waals surface area contributed by atoms with Crippen LogP contribution in [0.3, 0.4) is 0 Å². The summed E-state index contributed by atoms with van der Waals surface area (Å²) in [4.78, 5) is 8.71. The maximum Gasteiger partial charge on any atom is 0.0781 e. The molecule has 0 fully saturated rings. The highest BCUT2D eigenvalue weighted by Gasteiger charge is 2.01. The molecule has 0 spiro atoms. The van der Waals surface area contributed by atoms with E-state index >= 15 is 0 Å². The van der Waals surface area contributed by atoms with Crippen molar-refractivity contribution in [2.75, 3.05) is 0 Å². The maximum atomic E-state index is 4.42. The number of hydrogen-bond acceptors (Lipinski definition) is 2. The standard InChI is InChI=1S/C13H10N2/c1-9-7-12-11(8-15-9)5-4-10-3-2-6-14-13(10)12/h2-8H,1H3. The van der Waals surface area contributed by atoms with Gasteiger partial charge in [-0.2, -0.15) is 0 Å². The van der Waals surface area contributed by atoms with Gasteiger partial charge in [0.1, 0.15) is 0 Å². The van der Waals surface area contributed by atoms with E-state index in [4.69, 9.17) is 0 Å². The topological polar surface area (TPSA) is 25.8 Å². The lowest BCUT2D eigenvalue weighted by atomic mass is 10.1. The predicted molar refractivity (Wildman–Crippen MR) is 61.8 cm³/mol. The van der Waals surface area contributed by atoms with E-state index in [9.17, 15) is 0 Å². The molecule has 0 saturated heterocycles. The van der Waals surface area contributed by atoms with E-state index in [1.165, 1.54) is 10.8 Å². The van der Waals surface area contributed by atoms with Gasteiger partial charge in [0, 0.05) is 34.2 Å². The molecule has 0 bridgehead atoms. The van der Waals surface area contributed by atoms with Crippen LogP contribution in [0.1, 0.15) is 5.69 Å². The van der Waals surface area contributed by atoms with E-state index < -0.39 is 0 Å². The molecule has 0 atom stereocenters. The van der Waals surface area contributed by atoms with Crippen LogP contribution in [0, 0.1) is 6.92 Å². The molecule has 0 aliphatic carbocycles. The lowest BCUT2D eigenvalue weighted by Crippen LogP contribution is -1.84. The Morgan fingerprint density at radius 2 is 1.87 bits per heavy atom. The molecule has 15 heavy (non-hydrogen) atoms. The van der Waals surface area contributed by atoms with Gasteiger partial charge in [0.15, 0.2) is 0 Å². The Kier molecular flexibility index (Phi) is 1.68. The molecule has 0 N–H and O–H groups in total. The average Bonchev–Trinajstić information content (AvgIpc) is 2.29. The second-order valence-corrected chi connectivity index (χ2v) is 3.69.